The third-order valence-electron chi connectivity index (χ3n) is 3.41. The first-order valence-corrected chi connectivity index (χ1v) is 7.31. The number of carbonyl (C=O) groups is 1. The van der Waals surface area contributed by atoms with Gasteiger partial charge in [-0.25, -0.2) is 0 Å². The van der Waals surface area contributed by atoms with Crippen LogP contribution in [0.25, 0.3) is 0 Å². The summed E-state index contributed by atoms with van der Waals surface area (Å²) in [5.74, 6) is 1.13. The van der Waals surface area contributed by atoms with E-state index >= 15 is 0 Å². The number of hydrogen-bond donors (Lipinski definition) is 0. The van der Waals surface area contributed by atoms with Crippen LogP contribution >= 0.6 is 15.9 Å². The molecule has 1 atom stereocenters. The zero-order valence-electron chi connectivity index (χ0n) is 11.0. The van der Waals surface area contributed by atoms with Crippen molar-refractivity contribution in [3.8, 4) is 0 Å². The minimum atomic E-state index is -0.109. The van der Waals surface area contributed by atoms with Crippen molar-refractivity contribution in [1.82, 2.24) is 15.0 Å². The van der Waals surface area contributed by atoms with Crippen molar-refractivity contribution in [2.45, 2.75) is 25.8 Å². The molecule has 0 aliphatic carbocycles. The Hall–Kier alpha value is -1.69. The molecule has 1 aliphatic heterocycles. The van der Waals surface area contributed by atoms with Gasteiger partial charge in [-0.2, -0.15) is 4.98 Å². The Morgan fingerprint density at radius 3 is 3.05 bits per heavy atom. The maximum atomic E-state index is 12.6. The molecule has 0 spiro atoms. The van der Waals surface area contributed by atoms with Crippen molar-refractivity contribution in [2.24, 2.45) is 0 Å². The standard InChI is InChI=1S/C14H14BrN3O2/c1-9-16-13(20-17-9)12-6-3-7-18(12)14(19)10-4-2-5-11(15)8-10/h2,4-5,8,12H,3,6-7H2,1H3. The fraction of sp³-hybridized carbons (Fsp3) is 0.357. The molecular formula is C14H14BrN3O2. The predicted octanol–water partition coefficient (Wildman–Crippen LogP) is 3.12. The number of aryl methyl sites for hydroxylation is 1. The van der Waals surface area contributed by atoms with E-state index in [4.69, 9.17) is 4.52 Å². The summed E-state index contributed by atoms with van der Waals surface area (Å²) in [5, 5.41) is 3.81. The number of nitrogens with zero attached hydrogens (tertiary/aromatic N) is 3. The first-order valence-electron chi connectivity index (χ1n) is 6.52. The topological polar surface area (TPSA) is 59.2 Å². The zero-order chi connectivity index (χ0) is 14.1. The number of carbonyl (C=O) groups excluding carboxylic acids is 1. The van der Waals surface area contributed by atoms with Crippen molar-refractivity contribution in [3.05, 3.63) is 46.0 Å². The highest BCUT2D eigenvalue weighted by molar-refractivity contribution is 9.10. The molecule has 1 saturated heterocycles. The van der Waals surface area contributed by atoms with Crippen LogP contribution in [0.4, 0.5) is 0 Å². The van der Waals surface area contributed by atoms with Crippen molar-refractivity contribution < 1.29 is 9.32 Å². The van der Waals surface area contributed by atoms with E-state index in [0.29, 0.717) is 17.3 Å². The third kappa shape index (κ3) is 2.47. The fourth-order valence-corrected chi connectivity index (χ4v) is 2.90. The van der Waals surface area contributed by atoms with Gasteiger partial charge in [0.15, 0.2) is 5.82 Å². The minimum Gasteiger partial charge on any atom is -0.337 e. The number of hydrogen-bond acceptors (Lipinski definition) is 4. The summed E-state index contributed by atoms with van der Waals surface area (Å²) < 4.78 is 6.12. The lowest BCUT2D eigenvalue weighted by atomic mass is 10.1. The molecule has 0 bridgehead atoms. The first kappa shape index (κ1) is 13.3. The smallest absolute Gasteiger partial charge is 0.254 e. The summed E-state index contributed by atoms with van der Waals surface area (Å²) in [6.45, 7) is 2.50. The summed E-state index contributed by atoms with van der Waals surface area (Å²) in [6.07, 6.45) is 1.81. The molecule has 6 heteroatoms. The predicted molar refractivity (Wildman–Crippen MR) is 76.2 cm³/mol. The second-order valence-electron chi connectivity index (χ2n) is 4.85. The van der Waals surface area contributed by atoms with E-state index in [1.807, 2.05) is 29.2 Å². The maximum Gasteiger partial charge on any atom is 0.254 e. The molecule has 1 aliphatic rings. The molecule has 104 valence electrons. The molecule has 1 aromatic carbocycles. The van der Waals surface area contributed by atoms with E-state index in [9.17, 15) is 4.79 Å². The van der Waals surface area contributed by atoms with Gasteiger partial charge in [0.1, 0.15) is 6.04 Å². The summed E-state index contributed by atoms with van der Waals surface area (Å²) in [6, 6.07) is 7.31. The normalized spacial score (nSPS) is 18.5. The zero-order valence-corrected chi connectivity index (χ0v) is 12.6. The van der Waals surface area contributed by atoms with Gasteiger partial charge in [-0.3, -0.25) is 4.79 Å². The molecule has 0 saturated carbocycles. The molecule has 20 heavy (non-hydrogen) atoms. The number of aromatic nitrogens is 2. The Morgan fingerprint density at radius 2 is 2.35 bits per heavy atom. The van der Waals surface area contributed by atoms with Gasteiger partial charge in [-0.15, -0.1) is 0 Å². The van der Waals surface area contributed by atoms with Crippen molar-refractivity contribution in [3.63, 3.8) is 0 Å². The lowest BCUT2D eigenvalue weighted by molar-refractivity contribution is 0.0710. The van der Waals surface area contributed by atoms with Crippen molar-refractivity contribution >= 4 is 21.8 Å². The van der Waals surface area contributed by atoms with Crippen LogP contribution in [0.3, 0.4) is 0 Å². The molecule has 0 radical (unpaired) electrons. The van der Waals surface area contributed by atoms with Crippen LogP contribution in [-0.4, -0.2) is 27.5 Å². The summed E-state index contributed by atoms with van der Waals surface area (Å²) in [7, 11) is 0. The second-order valence-corrected chi connectivity index (χ2v) is 5.76. The van der Waals surface area contributed by atoms with E-state index < -0.39 is 0 Å². The summed E-state index contributed by atoms with van der Waals surface area (Å²) >= 11 is 3.39. The van der Waals surface area contributed by atoms with E-state index in [-0.39, 0.29) is 11.9 Å². The molecule has 2 aromatic rings. The summed E-state index contributed by atoms with van der Waals surface area (Å²) in [5.41, 5.74) is 0.669. The average molecular weight is 336 g/mol. The molecule has 1 amide bonds. The third-order valence-corrected chi connectivity index (χ3v) is 3.91. The Bertz CT molecular complexity index is 641. The van der Waals surface area contributed by atoms with E-state index in [2.05, 4.69) is 26.1 Å². The number of benzene rings is 1. The lowest BCUT2D eigenvalue weighted by Crippen LogP contribution is -2.30. The molecule has 1 aromatic heterocycles. The van der Waals surface area contributed by atoms with Gasteiger partial charge in [0.05, 0.1) is 0 Å². The van der Waals surface area contributed by atoms with Crippen LogP contribution in [0, 0.1) is 6.92 Å². The van der Waals surface area contributed by atoms with Crippen LogP contribution in [0.15, 0.2) is 33.3 Å². The van der Waals surface area contributed by atoms with E-state index in [0.717, 1.165) is 23.9 Å². The van der Waals surface area contributed by atoms with E-state index in [1.165, 1.54) is 0 Å². The number of halogens is 1. The van der Waals surface area contributed by atoms with Gasteiger partial charge in [-0.1, -0.05) is 27.2 Å². The van der Waals surface area contributed by atoms with Gasteiger partial charge in [0.2, 0.25) is 5.89 Å². The molecular weight excluding hydrogens is 322 g/mol. The molecule has 2 heterocycles. The highest BCUT2D eigenvalue weighted by Crippen LogP contribution is 2.32. The number of rotatable bonds is 2. The molecule has 5 nitrogen and oxygen atoms in total. The summed E-state index contributed by atoms with van der Waals surface area (Å²) in [4.78, 5) is 18.7. The van der Waals surface area contributed by atoms with Crippen molar-refractivity contribution in [2.75, 3.05) is 6.54 Å². The average Bonchev–Trinajstić information content (AvgIpc) is 3.06. The fourth-order valence-electron chi connectivity index (χ4n) is 2.50. The molecule has 1 unspecified atom stereocenters. The maximum absolute atomic E-state index is 12.6. The Morgan fingerprint density at radius 1 is 1.50 bits per heavy atom. The van der Waals surface area contributed by atoms with Crippen LogP contribution < -0.4 is 0 Å². The highest BCUT2D eigenvalue weighted by atomic mass is 79.9. The van der Waals surface area contributed by atoms with Crippen LogP contribution in [-0.2, 0) is 0 Å². The monoisotopic (exact) mass is 335 g/mol. The SMILES string of the molecule is Cc1noc(C2CCCN2C(=O)c2cccc(Br)c2)n1. The Labute approximate surface area is 125 Å². The molecule has 3 rings (SSSR count). The van der Waals surface area contributed by atoms with E-state index in [1.54, 1.807) is 6.92 Å². The van der Waals surface area contributed by atoms with Gasteiger partial charge >= 0.3 is 0 Å². The quantitative estimate of drug-likeness (QED) is 0.845. The second kappa shape index (κ2) is 5.36. The Kier molecular flexibility index (Phi) is 3.56. The van der Waals surface area contributed by atoms with Gasteiger partial charge < -0.3 is 9.42 Å². The van der Waals surface area contributed by atoms with Crippen LogP contribution in [0.2, 0.25) is 0 Å². The highest BCUT2D eigenvalue weighted by Gasteiger charge is 2.34. The van der Waals surface area contributed by atoms with Crippen molar-refractivity contribution in [1.29, 1.82) is 0 Å². The molecule has 1 fully saturated rings. The van der Waals surface area contributed by atoms with Gasteiger partial charge in [0.25, 0.3) is 5.91 Å². The molecule has 0 N–H and O–H groups in total. The lowest BCUT2D eigenvalue weighted by Gasteiger charge is -2.22. The number of amides is 1. The number of likely N-dealkylation sites (tertiary alicyclic amines) is 1. The van der Waals surface area contributed by atoms with Crippen LogP contribution in [0.1, 0.15) is 41.0 Å². The first-order chi connectivity index (χ1) is 9.65. The minimum absolute atomic E-state index is 0.00431. The van der Waals surface area contributed by atoms with Crippen LogP contribution in [0.5, 0.6) is 0 Å². The largest absolute Gasteiger partial charge is 0.337 e. The van der Waals surface area contributed by atoms with Gasteiger partial charge in [-0.05, 0) is 38.0 Å². The Balaban J connectivity index is 1.87. The van der Waals surface area contributed by atoms with Gasteiger partial charge in [0, 0.05) is 16.6 Å².